The van der Waals surface area contributed by atoms with Crippen molar-refractivity contribution in [3.8, 4) is 0 Å². The number of nitrogens with one attached hydrogen (secondary N) is 2. The van der Waals surface area contributed by atoms with E-state index in [9.17, 15) is 13.2 Å². The molecule has 0 aliphatic carbocycles. The number of hydrogen-bond acceptors (Lipinski definition) is 5. The highest BCUT2D eigenvalue weighted by molar-refractivity contribution is 7.89. The number of hydrogen-bond donors (Lipinski definition) is 2. The van der Waals surface area contributed by atoms with Gasteiger partial charge in [0.25, 0.3) is 0 Å². The summed E-state index contributed by atoms with van der Waals surface area (Å²) in [6.45, 7) is 2.23. The number of methoxy groups -OCH3 is 1. The van der Waals surface area contributed by atoms with E-state index in [1.807, 2.05) is 0 Å². The van der Waals surface area contributed by atoms with Crippen LogP contribution in [0.25, 0.3) is 0 Å². The summed E-state index contributed by atoms with van der Waals surface area (Å²) in [6, 6.07) is 0. The first kappa shape index (κ1) is 13.4. The van der Waals surface area contributed by atoms with E-state index in [2.05, 4.69) is 14.8 Å². The van der Waals surface area contributed by atoms with Gasteiger partial charge in [-0.05, 0) is 25.4 Å². The van der Waals surface area contributed by atoms with Crippen LogP contribution in [0.15, 0.2) is 0 Å². The Balaban J connectivity index is 2.25. The van der Waals surface area contributed by atoms with Crippen molar-refractivity contribution in [1.82, 2.24) is 10.0 Å². The molecule has 1 aliphatic heterocycles. The van der Waals surface area contributed by atoms with Crippen LogP contribution in [0.4, 0.5) is 0 Å². The molecule has 6 nitrogen and oxygen atoms in total. The number of carbonyl (C=O) groups excluding carboxylic acids is 1. The molecule has 0 radical (unpaired) electrons. The Morgan fingerprint density at radius 3 is 2.88 bits per heavy atom. The monoisotopic (exact) mass is 250 g/mol. The molecule has 1 rings (SSSR count). The molecule has 1 aliphatic rings. The van der Waals surface area contributed by atoms with Crippen molar-refractivity contribution >= 4 is 16.0 Å². The van der Waals surface area contributed by atoms with Gasteiger partial charge < -0.3 is 10.1 Å². The third kappa shape index (κ3) is 4.91. The van der Waals surface area contributed by atoms with Crippen LogP contribution in [0.2, 0.25) is 0 Å². The Hall–Kier alpha value is -0.660. The lowest BCUT2D eigenvalue weighted by molar-refractivity contribution is -0.140. The van der Waals surface area contributed by atoms with E-state index in [4.69, 9.17) is 0 Å². The quantitative estimate of drug-likeness (QED) is 0.595. The molecule has 94 valence electrons. The first-order valence-electron chi connectivity index (χ1n) is 5.28. The predicted molar refractivity (Wildman–Crippen MR) is 59.4 cm³/mol. The zero-order valence-corrected chi connectivity index (χ0v) is 10.2. The topological polar surface area (TPSA) is 84.5 Å². The highest BCUT2D eigenvalue weighted by atomic mass is 32.2. The van der Waals surface area contributed by atoms with Crippen LogP contribution in [-0.2, 0) is 19.6 Å². The second kappa shape index (κ2) is 6.17. The minimum atomic E-state index is -3.35. The van der Waals surface area contributed by atoms with E-state index in [0.29, 0.717) is 12.5 Å². The Kier molecular flexibility index (Phi) is 5.17. The molecule has 16 heavy (non-hydrogen) atoms. The Bertz CT molecular complexity index is 322. The molecule has 7 heteroatoms. The second-order valence-corrected chi connectivity index (χ2v) is 5.78. The van der Waals surface area contributed by atoms with E-state index >= 15 is 0 Å². The molecule has 0 bridgehead atoms. The summed E-state index contributed by atoms with van der Waals surface area (Å²) in [5.41, 5.74) is 0. The predicted octanol–water partition coefficient (Wildman–Crippen LogP) is -0.922. The van der Waals surface area contributed by atoms with Crippen molar-refractivity contribution in [2.75, 3.05) is 32.5 Å². The molecule has 1 fully saturated rings. The summed E-state index contributed by atoms with van der Waals surface area (Å²) in [4.78, 5) is 10.8. The van der Waals surface area contributed by atoms with Gasteiger partial charge in [0.05, 0.1) is 19.3 Å². The lowest BCUT2D eigenvalue weighted by Crippen LogP contribution is -2.32. The summed E-state index contributed by atoms with van der Waals surface area (Å²) >= 11 is 0. The largest absolute Gasteiger partial charge is 0.469 e. The summed E-state index contributed by atoms with van der Waals surface area (Å²) in [7, 11) is -2.11. The smallest absolute Gasteiger partial charge is 0.306 e. The van der Waals surface area contributed by atoms with Crippen molar-refractivity contribution in [1.29, 1.82) is 0 Å². The molecule has 2 N–H and O–H groups in total. The zero-order chi connectivity index (χ0) is 12.0. The molecule has 1 saturated heterocycles. The summed E-state index contributed by atoms with van der Waals surface area (Å²) < 4.78 is 29.8. The molecule has 0 aromatic carbocycles. The average Bonchev–Trinajstić information content (AvgIpc) is 2.76. The maximum absolute atomic E-state index is 11.5. The van der Waals surface area contributed by atoms with Crippen molar-refractivity contribution in [2.45, 2.75) is 12.8 Å². The van der Waals surface area contributed by atoms with Gasteiger partial charge >= 0.3 is 5.97 Å². The molecule has 0 aromatic rings. The van der Waals surface area contributed by atoms with Gasteiger partial charge in [-0.25, -0.2) is 13.1 Å². The van der Waals surface area contributed by atoms with Crippen LogP contribution in [0.1, 0.15) is 12.8 Å². The van der Waals surface area contributed by atoms with Crippen LogP contribution in [0.5, 0.6) is 0 Å². The molecule has 0 amide bonds. The van der Waals surface area contributed by atoms with Crippen LogP contribution < -0.4 is 10.0 Å². The molecule has 1 unspecified atom stereocenters. The fourth-order valence-corrected chi connectivity index (χ4v) is 2.59. The van der Waals surface area contributed by atoms with Gasteiger partial charge in [-0.3, -0.25) is 4.79 Å². The van der Waals surface area contributed by atoms with Gasteiger partial charge in [0.1, 0.15) is 0 Å². The van der Waals surface area contributed by atoms with E-state index in [1.54, 1.807) is 0 Å². The molecule has 1 heterocycles. The van der Waals surface area contributed by atoms with E-state index in [0.717, 1.165) is 19.5 Å². The summed E-state index contributed by atoms with van der Waals surface area (Å²) in [6.07, 6.45) is 0.883. The van der Waals surface area contributed by atoms with Gasteiger partial charge in [-0.2, -0.15) is 0 Å². The SMILES string of the molecule is COC(=O)CCS(=O)(=O)NCC1CCNC1. The standard InChI is InChI=1S/C9H18N2O4S/c1-15-9(12)3-5-16(13,14)11-7-8-2-4-10-6-8/h8,10-11H,2-7H2,1H3. The van der Waals surface area contributed by atoms with Gasteiger partial charge in [0, 0.05) is 6.54 Å². The van der Waals surface area contributed by atoms with Crippen molar-refractivity contribution < 1.29 is 17.9 Å². The van der Waals surface area contributed by atoms with Gasteiger partial charge in [0.15, 0.2) is 0 Å². The van der Waals surface area contributed by atoms with Crippen LogP contribution in [0, 0.1) is 5.92 Å². The van der Waals surface area contributed by atoms with E-state index in [1.165, 1.54) is 7.11 Å². The number of rotatable bonds is 6. The third-order valence-electron chi connectivity index (χ3n) is 2.56. The molecular weight excluding hydrogens is 232 g/mol. The van der Waals surface area contributed by atoms with Crippen molar-refractivity contribution in [3.05, 3.63) is 0 Å². The molecule has 0 saturated carbocycles. The fraction of sp³-hybridized carbons (Fsp3) is 0.889. The second-order valence-electron chi connectivity index (χ2n) is 3.85. The third-order valence-corrected chi connectivity index (χ3v) is 3.90. The molecule has 1 atom stereocenters. The summed E-state index contributed by atoms with van der Waals surface area (Å²) in [5, 5.41) is 3.16. The number of ether oxygens (including phenoxy) is 1. The Labute approximate surface area is 95.8 Å². The maximum Gasteiger partial charge on any atom is 0.306 e. The number of carbonyl (C=O) groups is 1. The first-order chi connectivity index (χ1) is 7.53. The first-order valence-corrected chi connectivity index (χ1v) is 6.93. The van der Waals surface area contributed by atoms with Gasteiger partial charge in [-0.15, -0.1) is 0 Å². The average molecular weight is 250 g/mol. The molecule has 0 spiro atoms. The van der Waals surface area contributed by atoms with E-state index < -0.39 is 16.0 Å². The highest BCUT2D eigenvalue weighted by Gasteiger charge is 2.18. The Morgan fingerprint density at radius 1 is 1.56 bits per heavy atom. The Morgan fingerprint density at radius 2 is 2.31 bits per heavy atom. The lowest BCUT2D eigenvalue weighted by atomic mass is 10.1. The van der Waals surface area contributed by atoms with Crippen LogP contribution in [0.3, 0.4) is 0 Å². The van der Waals surface area contributed by atoms with E-state index in [-0.39, 0.29) is 12.2 Å². The minimum absolute atomic E-state index is 0.102. The molecule has 0 aromatic heterocycles. The van der Waals surface area contributed by atoms with Crippen molar-refractivity contribution in [2.24, 2.45) is 5.92 Å². The van der Waals surface area contributed by atoms with Crippen LogP contribution in [-0.4, -0.2) is 46.9 Å². The number of esters is 1. The highest BCUT2D eigenvalue weighted by Crippen LogP contribution is 2.06. The normalized spacial score (nSPS) is 20.9. The number of sulfonamides is 1. The van der Waals surface area contributed by atoms with Gasteiger partial charge in [0.2, 0.25) is 10.0 Å². The zero-order valence-electron chi connectivity index (χ0n) is 9.36. The van der Waals surface area contributed by atoms with Gasteiger partial charge in [-0.1, -0.05) is 0 Å². The van der Waals surface area contributed by atoms with Crippen LogP contribution >= 0.6 is 0 Å². The fourth-order valence-electron chi connectivity index (χ4n) is 1.53. The lowest BCUT2D eigenvalue weighted by Gasteiger charge is -2.10. The summed E-state index contributed by atoms with van der Waals surface area (Å²) in [5.74, 6) is -0.361. The minimum Gasteiger partial charge on any atom is -0.469 e. The van der Waals surface area contributed by atoms with Crippen molar-refractivity contribution in [3.63, 3.8) is 0 Å². The molecular formula is C9H18N2O4S. The maximum atomic E-state index is 11.5.